The third kappa shape index (κ3) is 3.43. The first kappa shape index (κ1) is 15.1. The maximum atomic E-state index is 8.82. The second kappa shape index (κ2) is 6.45. The van der Waals surface area contributed by atoms with Crippen molar-refractivity contribution < 1.29 is 4.74 Å². The highest BCUT2D eigenvalue weighted by Crippen LogP contribution is 2.27. The summed E-state index contributed by atoms with van der Waals surface area (Å²) in [6, 6.07) is 8.21. The van der Waals surface area contributed by atoms with Gasteiger partial charge in [0, 0.05) is 11.3 Å². The minimum absolute atomic E-state index is 0.161. The summed E-state index contributed by atoms with van der Waals surface area (Å²) in [5, 5.41) is 8.82. The lowest BCUT2D eigenvalue weighted by molar-refractivity contribution is 0.242. The van der Waals surface area contributed by atoms with Crippen LogP contribution in [0.5, 0.6) is 5.75 Å². The van der Waals surface area contributed by atoms with Gasteiger partial charge in [-0.05, 0) is 51.0 Å². The Morgan fingerprint density at radius 1 is 1.38 bits per heavy atom. The van der Waals surface area contributed by atoms with Crippen LogP contribution in [0.15, 0.2) is 18.2 Å². The fraction of sp³-hybridized carbons (Fsp3) is 0.412. The van der Waals surface area contributed by atoms with Crippen LogP contribution in [0.2, 0.25) is 0 Å². The number of nitrogens with one attached hydrogen (secondary N) is 1. The molecule has 0 bridgehead atoms. The normalized spacial score (nSPS) is 10.7. The highest BCUT2D eigenvalue weighted by atomic mass is 16.5. The van der Waals surface area contributed by atoms with Gasteiger partial charge >= 0.3 is 0 Å². The van der Waals surface area contributed by atoms with Gasteiger partial charge in [0.1, 0.15) is 11.6 Å². The minimum Gasteiger partial charge on any atom is -0.491 e. The molecule has 1 aromatic carbocycles. The zero-order valence-corrected chi connectivity index (χ0v) is 13.0. The van der Waals surface area contributed by atoms with Gasteiger partial charge in [-0.2, -0.15) is 5.26 Å². The van der Waals surface area contributed by atoms with E-state index in [2.05, 4.69) is 29.0 Å². The van der Waals surface area contributed by atoms with Crippen LogP contribution in [0.25, 0.3) is 11.4 Å². The molecule has 0 atom stereocenters. The molecule has 1 heterocycles. The van der Waals surface area contributed by atoms with E-state index < -0.39 is 0 Å². The van der Waals surface area contributed by atoms with Crippen molar-refractivity contribution in [3.8, 4) is 23.2 Å². The standard InChI is InChI=1S/C17H21N3O/c1-5-13-10-14(21-11(2)3)6-7-15(13)17-19-12(4)16(20-17)8-9-18/h6-7,10-11H,5,8H2,1-4H3,(H,19,20). The molecule has 0 saturated heterocycles. The van der Waals surface area contributed by atoms with Crippen molar-refractivity contribution in [2.75, 3.05) is 0 Å². The highest BCUT2D eigenvalue weighted by molar-refractivity contribution is 5.62. The molecule has 2 rings (SSSR count). The smallest absolute Gasteiger partial charge is 0.138 e. The van der Waals surface area contributed by atoms with Gasteiger partial charge < -0.3 is 9.72 Å². The van der Waals surface area contributed by atoms with Gasteiger partial charge in [-0.15, -0.1) is 0 Å². The number of ether oxygens (including phenoxy) is 1. The fourth-order valence-corrected chi connectivity index (χ4v) is 2.31. The van der Waals surface area contributed by atoms with Gasteiger partial charge in [-0.25, -0.2) is 4.98 Å². The summed E-state index contributed by atoms with van der Waals surface area (Å²) >= 11 is 0. The van der Waals surface area contributed by atoms with Crippen molar-refractivity contribution in [3.63, 3.8) is 0 Å². The summed E-state index contributed by atoms with van der Waals surface area (Å²) < 4.78 is 5.74. The Morgan fingerprint density at radius 3 is 2.76 bits per heavy atom. The third-order valence-corrected chi connectivity index (χ3v) is 3.32. The number of hydrogen-bond acceptors (Lipinski definition) is 3. The highest BCUT2D eigenvalue weighted by Gasteiger charge is 2.12. The van der Waals surface area contributed by atoms with E-state index in [1.165, 1.54) is 5.56 Å². The summed E-state index contributed by atoms with van der Waals surface area (Å²) in [4.78, 5) is 7.83. The molecule has 4 nitrogen and oxygen atoms in total. The van der Waals surface area contributed by atoms with Crippen LogP contribution < -0.4 is 4.74 Å². The molecule has 1 aromatic heterocycles. The molecule has 0 unspecified atom stereocenters. The van der Waals surface area contributed by atoms with Gasteiger partial charge in [-0.3, -0.25) is 0 Å². The number of nitriles is 1. The first-order valence-corrected chi connectivity index (χ1v) is 7.27. The number of rotatable bonds is 5. The molecule has 2 aromatic rings. The Balaban J connectivity index is 2.39. The molecule has 21 heavy (non-hydrogen) atoms. The number of aromatic nitrogens is 2. The van der Waals surface area contributed by atoms with E-state index >= 15 is 0 Å². The second-order valence-electron chi connectivity index (χ2n) is 5.33. The molecular weight excluding hydrogens is 262 g/mol. The average molecular weight is 283 g/mol. The summed E-state index contributed by atoms with van der Waals surface area (Å²) in [6.45, 7) is 8.10. The molecule has 0 spiro atoms. The van der Waals surface area contributed by atoms with Crippen LogP contribution in [-0.4, -0.2) is 16.1 Å². The Hall–Kier alpha value is -2.28. The quantitative estimate of drug-likeness (QED) is 0.907. The molecule has 0 fully saturated rings. The van der Waals surface area contributed by atoms with Crippen LogP contribution in [0.3, 0.4) is 0 Å². The SMILES string of the molecule is CCc1cc(OC(C)C)ccc1-c1nc(CC#N)c(C)[nH]1. The zero-order chi connectivity index (χ0) is 15.4. The number of H-pyrrole nitrogens is 1. The molecule has 0 aliphatic carbocycles. The lowest BCUT2D eigenvalue weighted by atomic mass is 10.0. The van der Waals surface area contributed by atoms with E-state index in [1.54, 1.807) is 0 Å². The average Bonchev–Trinajstić information content (AvgIpc) is 2.79. The van der Waals surface area contributed by atoms with E-state index in [0.717, 1.165) is 34.9 Å². The Labute approximate surface area is 125 Å². The molecule has 110 valence electrons. The van der Waals surface area contributed by atoms with E-state index in [0.29, 0.717) is 6.42 Å². The molecule has 0 aliphatic rings. The predicted octanol–water partition coefficient (Wildman–Crippen LogP) is 3.80. The Bertz CT molecular complexity index is 665. The van der Waals surface area contributed by atoms with E-state index in [1.807, 2.05) is 32.9 Å². The third-order valence-electron chi connectivity index (χ3n) is 3.32. The molecule has 0 aliphatic heterocycles. The van der Waals surface area contributed by atoms with Crippen LogP contribution in [0, 0.1) is 18.3 Å². The number of nitrogens with zero attached hydrogens (tertiary/aromatic N) is 2. The monoisotopic (exact) mass is 283 g/mol. The largest absolute Gasteiger partial charge is 0.491 e. The van der Waals surface area contributed by atoms with Crippen molar-refractivity contribution in [1.29, 1.82) is 5.26 Å². The van der Waals surface area contributed by atoms with Crippen LogP contribution in [-0.2, 0) is 12.8 Å². The molecular formula is C17H21N3O. The first-order chi connectivity index (χ1) is 10.0. The summed E-state index contributed by atoms with van der Waals surface area (Å²) in [7, 11) is 0. The zero-order valence-electron chi connectivity index (χ0n) is 13.0. The molecule has 4 heteroatoms. The predicted molar refractivity (Wildman–Crippen MR) is 83.2 cm³/mol. The van der Waals surface area contributed by atoms with Crippen molar-refractivity contribution in [2.45, 2.75) is 46.6 Å². The van der Waals surface area contributed by atoms with Crippen LogP contribution >= 0.6 is 0 Å². The number of aryl methyl sites for hydroxylation is 2. The molecule has 0 saturated carbocycles. The molecule has 1 N–H and O–H groups in total. The van der Waals surface area contributed by atoms with Gasteiger partial charge in [0.15, 0.2) is 0 Å². The van der Waals surface area contributed by atoms with E-state index in [9.17, 15) is 0 Å². The number of imidazole rings is 1. The lowest BCUT2D eigenvalue weighted by Crippen LogP contribution is -2.06. The second-order valence-corrected chi connectivity index (χ2v) is 5.33. The topological polar surface area (TPSA) is 61.7 Å². The van der Waals surface area contributed by atoms with E-state index in [4.69, 9.17) is 10.00 Å². The fourth-order valence-electron chi connectivity index (χ4n) is 2.31. The molecule has 0 amide bonds. The van der Waals surface area contributed by atoms with E-state index in [-0.39, 0.29) is 6.10 Å². The summed E-state index contributed by atoms with van der Waals surface area (Å²) in [6.07, 6.45) is 1.39. The van der Waals surface area contributed by atoms with Crippen molar-refractivity contribution in [2.24, 2.45) is 0 Å². The summed E-state index contributed by atoms with van der Waals surface area (Å²) in [5.74, 6) is 1.71. The molecule has 0 radical (unpaired) electrons. The number of hydrogen-bond donors (Lipinski definition) is 1. The first-order valence-electron chi connectivity index (χ1n) is 7.27. The van der Waals surface area contributed by atoms with Gasteiger partial charge in [-0.1, -0.05) is 6.92 Å². The number of aromatic amines is 1. The van der Waals surface area contributed by atoms with Gasteiger partial charge in [0.05, 0.1) is 24.3 Å². The lowest BCUT2D eigenvalue weighted by Gasteiger charge is -2.12. The minimum atomic E-state index is 0.161. The Kier molecular flexibility index (Phi) is 4.64. The Morgan fingerprint density at radius 2 is 2.14 bits per heavy atom. The van der Waals surface area contributed by atoms with Crippen molar-refractivity contribution in [1.82, 2.24) is 9.97 Å². The van der Waals surface area contributed by atoms with Crippen molar-refractivity contribution in [3.05, 3.63) is 35.2 Å². The van der Waals surface area contributed by atoms with Gasteiger partial charge in [0.25, 0.3) is 0 Å². The van der Waals surface area contributed by atoms with Crippen molar-refractivity contribution >= 4 is 0 Å². The maximum Gasteiger partial charge on any atom is 0.138 e. The maximum absolute atomic E-state index is 8.82. The summed E-state index contributed by atoms with van der Waals surface area (Å²) in [5.41, 5.74) is 4.03. The van der Waals surface area contributed by atoms with Gasteiger partial charge in [0.2, 0.25) is 0 Å². The van der Waals surface area contributed by atoms with Crippen LogP contribution in [0.4, 0.5) is 0 Å². The number of benzene rings is 1. The van der Waals surface area contributed by atoms with Crippen LogP contribution in [0.1, 0.15) is 37.7 Å².